The number of carbonyl (C=O) groups is 1. The summed E-state index contributed by atoms with van der Waals surface area (Å²) in [5, 5.41) is 6.65. The van der Waals surface area contributed by atoms with Gasteiger partial charge in [0.15, 0.2) is 5.11 Å². The predicted octanol–water partition coefficient (Wildman–Crippen LogP) is 3.91. The summed E-state index contributed by atoms with van der Waals surface area (Å²) in [5.74, 6) is 0.636. The lowest BCUT2D eigenvalue weighted by Crippen LogP contribution is -2.48. The SMILES string of the molecule is Cc1ccc(CN(C(=S)NCC(=O)NCc2ccco2)C2CCCCC2)cc1. The van der Waals surface area contributed by atoms with Crippen LogP contribution in [0.5, 0.6) is 0 Å². The van der Waals surface area contributed by atoms with E-state index in [-0.39, 0.29) is 12.5 Å². The van der Waals surface area contributed by atoms with E-state index in [2.05, 4.69) is 46.7 Å². The molecule has 0 saturated heterocycles. The maximum Gasteiger partial charge on any atom is 0.239 e. The Balaban J connectivity index is 1.55. The van der Waals surface area contributed by atoms with E-state index >= 15 is 0 Å². The maximum absolute atomic E-state index is 12.1. The lowest BCUT2D eigenvalue weighted by molar-refractivity contribution is -0.120. The summed E-state index contributed by atoms with van der Waals surface area (Å²) in [5.41, 5.74) is 2.49. The molecule has 1 fully saturated rings. The summed E-state index contributed by atoms with van der Waals surface area (Å²) in [4.78, 5) is 14.4. The average molecular weight is 400 g/mol. The zero-order valence-electron chi connectivity index (χ0n) is 16.4. The van der Waals surface area contributed by atoms with E-state index in [1.807, 2.05) is 12.1 Å². The fraction of sp³-hybridized carbons (Fsp3) is 0.455. The molecule has 0 radical (unpaired) electrons. The van der Waals surface area contributed by atoms with Crippen molar-refractivity contribution in [1.29, 1.82) is 0 Å². The van der Waals surface area contributed by atoms with Crippen LogP contribution in [-0.2, 0) is 17.9 Å². The van der Waals surface area contributed by atoms with Crippen molar-refractivity contribution in [3.05, 3.63) is 59.5 Å². The van der Waals surface area contributed by atoms with Gasteiger partial charge in [-0.15, -0.1) is 0 Å². The maximum atomic E-state index is 12.1. The Morgan fingerprint density at radius 2 is 1.89 bits per heavy atom. The van der Waals surface area contributed by atoms with Gasteiger partial charge in [-0.25, -0.2) is 0 Å². The second-order valence-corrected chi connectivity index (χ2v) is 7.81. The van der Waals surface area contributed by atoms with Crippen LogP contribution in [-0.4, -0.2) is 28.5 Å². The van der Waals surface area contributed by atoms with Gasteiger partial charge in [-0.05, 0) is 49.7 Å². The zero-order valence-corrected chi connectivity index (χ0v) is 17.3. The standard InChI is InChI=1S/C22H29N3O2S/c1-17-9-11-18(12-10-17)16-25(19-6-3-2-4-7-19)22(28)24-15-21(26)23-14-20-8-5-13-27-20/h5,8-13,19H,2-4,6-7,14-16H2,1H3,(H,23,26)(H,24,28). The summed E-state index contributed by atoms with van der Waals surface area (Å²) in [6.45, 7) is 3.41. The summed E-state index contributed by atoms with van der Waals surface area (Å²) < 4.78 is 5.23. The first-order valence-electron chi connectivity index (χ1n) is 10.0. The summed E-state index contributed by atoms with van der Waals surface area (Å²) >= 11 is 5.68. The first kappa shape index (κ1) is 20.4. The molecule has 1 aliphatic rings. The number of thiocarbonyl (C=S) groups is 1. The third-order valence-electron chi connectivity index (χ3n) is 5.19. The van der Waals surface area contributed by atoms with Crippen LogP contribution < -0.4 is 10.6 Å². The molecule has 1 aromatic carbocycles. The molecule has 150 valence electrons. The van der Waals surface area contributed by atoms with Crippen LogP contribution in [0.2, 0.25) is 0 Å². The highest BCUT2D eigenvalue weighted by Gasteiger charge is 2.23. The van der Waals surface area contributed by atoms with Crippen LogP contribution in [0, 0.1) is 6.92 Å². The molecule has 6 heteroatoms. The topological polar surface area (TPSA) is 57.5 Å². The Kier molecular flexibility index (Phi) is 7.48. The van der Waals surface area contributed by atoms with Crippen LogP contribution in [0.25, 0.3) is 0 Å². The van der Waals surface area contributed by atoms with Crippen molar-refractivity contribution in [2.45, 2.75) is 58.2 Å². The van der Waals surface area contributed by atoms with E-state index in [4.69, 9.17) is 16.6 Å². The average Bonchev–Trinajstić information content (AvgIpc) is 3.24. The minimum Gasteiger partial charge on any atom is -0.467 e. The van der Waals surface area contributed by atoms with Crippen molar-refractivity contribution >= 4 is 23.2 Å². The Morgan fingerprint density at radius 3 is 2.57 bits per heavy atom. The first-order valence-corrected chi connectivity index (χ1v) is 10.4. The first-order chi connectivity index (χ1) is 13.6. The van der Waals surface area contributed by atoms with E-state index in [1.165, 1.54) is 30.4 Å². The normalized spacial score (nSPS) is 14.5. The monoisotopic (exact) mass is 399 g/mol. The molecular weight excluding hydrogens is 370 g/mol. The Hall–Kier alpha value is -2.34. The molecule has 0 atom stereocenters. The minimum absolute atomic E-state index is 0.0994. The number of hydrogen-bond acceptors (Lipinski definition) is 3. The Morgan fingerprint density at radius 1 is 1.14 bits per heavy atom. The summed E-state index contributed by atoms with van der Waals surface area (Å²) in [6, 6.07) is 12.7. The van der Waals surface area contributed by atoms with Gasteiger partial charge in [0.1, 0.15) is 5.76 Å². The van der Waals surface area contributed by atoms with Gasteiger partial charge in [0.05, 0.1) is 19.4 Å². The Labute approximate surface area is 172 Å². The molecule has 1 amide bonds. The molecule has 3 rings (SSSR count). The highest BCUT2D eigenvalue weighted by Crippen LogP contribution is 2.24. The van der Waals surface area contributed by atoms with Crippen molar-refractivity contribution in [1.82, 2.24) is 15.5 Å². The molecule has 0 bridgehead atoms. The van der Waals surface area contributed by atoms with Gasteiger partial charge in [0.25, 0.3) is 0 Å². The fourth-order valence-electron chi connectivity index (χ4n) is 3.57. The second-order valence-electron chi connectivity index (χ2n) is 7.42. The number of aryl methyl sites for hydroxylation is 1. The number of amides is 1. The van der Waals surface area contributed by atoms with E-state index in [0.717, 1.165) is 25.1 Å². The van der Waals surface area contributed by atoms with Crippen LogP contribution in [0.1, 0.15) is 49.0 Å². The molecule has 2 aromatic rings. The molecule has 0 aliphatic heterocycles. The van der Waals surface area contributed by atoms with Crippen molar-refractivity contribution in [2.24, 2.45) is 0 Å². The third-order valence-corrected chi connectivity index (χ3v) is 5.57. The number of rotatable bonds is 7. The van der Waals surface area contributed by atoms with E-state index in [0.29, 0.717) is 17.7 Å². The van der Waals surface area contributed by atoms with Crippen molar-refractivity contribution in [3.63, 3.8) is 0 Å². The predicted molar refractivity (Wildman–Crippen MR) is 115 cm³/mol. The zero-order chi connectivity index (χ0) is 19.8. The fourth-order valence-corrected chi connectivity index (χ4v) is 3.85. The lowest BCUT2D eigenvalue weighted by atomic mass is 9.94. The van der Waals surface area contributed by atoms with Gasteiger partial charge in [-0.2, -0.15) is 0 Å². The largest absolute Gasteiger partial charge is 0.467 e. The van der Waals surface area contributed by atoms with Crippen LogP contribution in [0.3, 0.4) is 0 Å². The van der Waals surface area contributed by atoms with Crippen LogP contribution in [0.15, 0.2) is 47.1 Å². The smallest absolute Gasteiger partial charge is 0.239 e. The molecule has 1 aliphatic carbocycles. The number of benzene rings is 1. The molecule has 1 heterocycles. The van der Waals surface area contributed by atoms with Gasteiger partial charge in [0, 0.05) is 12.6 Å². The Bertz CT molecular complexity index is 753. The van der Waals surface area contributed by atoms with Gasteiger partial charge in [-0.3, -0.25) is 4.79 Å². The molecule has 28 heavy (non-hydrogen) atoms. The molecule has 1 saturated carbocycles. The van der Waals surface area contributed by atoms with Crippen LogP contribution >= 0.6 is 12.2 Å². The minimum atomic E-state index is -0.0994. The molecule has 2 N–H and O–H groups in total. The van der Waals surface area contributed by atoms with Gasteiger partial charge in [-0.1, -0.05) is 49.1 Å². The lowest BCUT2D eigenvalue weighted by Gasteiger charge is -2.36. The molecular formula is C22H29N3O2S. The van der Waals surface area contributed by atoms with Crippen LogP contribution in [0.4, 0.5) is 0 Å². The van der Waals surface area contributed by atoms with Crippen molar-refractivity contribution in [2.75, 3.05) is 6.54 Å². The van der Waals surface area contributed by atoms with E-state index in [1.54, 1.807) is 6.26 Å². The van der Waals surface area contributed by atoms with Gasteiger partial charge in [0.2, 0.25) is 5.91 Å². The highest BCUT2D eigenvalue weighted by molar-refractivity contribution is 7.80. The molecule has 1 aromatic heterocycles. The number of carbonyl (C=O) groups excluding carboxylic acids is 1. The van der Waals surface area contributed by atoms with Gasteiger partial charge < -0.3 is 20.0 Å². The highest BCUT2D eigenvalue weighted by atomic mass is 32.1. The van der Waals surface area contributed by atoms with E-state index < -0.39 is 0 Å². The molecule has 0 unspecified atom stereocenters. The molecule has 5 nitrogen and oxygen atoms in total. The van der Waals surface area contributed by atoms with Crippen molar-refractivity contribution in [3.8, 4) is 0 Å². The molecule has 0 spiro atoms. The summed E-state index contributed by atoms with van der Waals surface area (Å²) in [6.07, 6.45) is 7.67. The number of nitrogens with one attached hydrogen (secondary N) is 2. The van der Waals surface area contributed by atoms with Gasteiger partial charge >= 0.3 is 0 Å². The number of furan rings is 1. The van der Waals surface area contributed by atoms with E-state index in [9.17, 15) is 4.79 Å². The second kappa shape index (κ2) is 10.3. The number of nitrogens with zero attached hydrogens (tertiary/aromatic N) is 1. The quantitative estimate of drug-likeness (QED) is 0.691. The van der Waals surface area contributed by atoms with Crippen molar-refractivity contribution < 1.29 is 9.21 Å². The summed E-state index contributed by atoms with van der Waals surface area (Å²) in [7, 11) is 0. The third kappa shape index (κ3) is 6.09. The number of hydrogen-bond donors (Lipinski definition) is 2.